The van der Waals surface area contributed by atoms with Gasteiger partial charge in [-0.15, -0.1) is 0 Å². The number of carbonyl (C=O) groups excluding carboxylic acids is 2. The molecule has 2 N–H and O–H groups in total. The van der Waals surface area contributed by atoms with Gasteiger partial charge in [-0.2, -0.15) is 0 Å². The molecular weight excluding hydrogens is 398 g/mol. The van der Waals surface area contributed by atoms with Gasteiger partial charge in [0.2, 0.25) is 5.91 Å². The quantitative estimate of drug-likeness (QED) is 0.534. The summed E-state index contributed by atoms with van der Waals surface area (Å²) in [7, 11) is 1.59. The molecule has 0 bridgehead atoms. The third-order valence-corrected chi connectivity index (χ3v) is 5.77. The van der Waals surface area contributed by atoms with Gasteiger partial charge in [-0.25, -0.2) is 0 Å². The van der Waals surface area contributed by atoms with Gasteiger partial charge in [0.15, 0.2) is 0 Å². The van der Waals surface area contributed by atoms with E-state index >= 15 is 0 Å². The molecule has 2 amide bonds. The molecule has 8 heteroatoms. The number of benzene rings is 2. The van der Waals surface area contributed by atoms with Gasteiger partial charge < -0.3 is 15.4 Å². The molecule has 2 aromatic carbocycles. The summed E-state index contributed by atoms with van der Waals surface area (Å²) in [5.74, 6) is 0.0725. The van der Waals surface area contributed by atoms with Crippen LogP contribution in [0.1, 0.15) is 47.2 Å². The number of amides is 2. The van der Waals surface area contributed by atoms with Crippen molar-refractivity contribution in [2.75, 3.05) is 12.4 Å². The molecule has 8 nitrogen and oxygen atoms in total. The summed E-state index contributed by atoms with van der Waals surface area (Å²) in [6.07, 6.45) is 2.55. The predicted octanol–water partition coefficient (Wildman–Crippen LogP) is 4.15. The van der Waals surface area contributed by atoms with Crippen molar-refractivity contribution in [3.05, 3.63) is 63.2 Å². The Morgan fingerprint density at radius 2 is 1.77 bits per heavy atom. The number of aryl methyl sites for hydroxylation is 2. The van der Waals surface area contributed by atoms with Gasteiger partial charge in [-0.05, 0) is 57.2 Å². The molecule has 1 aliphatic rings. The Kier molecular flexibility index (Phi) is 6.89. The Bertz CT molecular complexity index is 997. The lowest BCUT2D eigenvalue weighted by Crippen LogP contribution is -2.39. The average Bonchev–Trinajstić information content (AvgIpc) is 2.75. The maximum atomic E-state index is 12.6. The topological polar surface area (TPSA) is 111 Å². The van der Waals surface area contributed by atoms with Crippen LogP contribution in [0.4, 0.5) is 11.4 Å². The number of rotatable bonds is 6. The summed E-state index contributed by atoms with van der Waals surface area (Å²) < 4.78 is 5.30. The molecule has 31 heavy (non-hydrogen) atoms. The predicted molar refractivity (Wildman–Crippen MR) is 117 cm³/mol. The van der Waals surface area contributed by atoms with E-state index in [1.54, 1.807) is 32.2 Å². The zero-order valence-electron chi connectivity index (χ0n) is 17.9. The van der Waals surface area contributed by atoms with E-state index in [2.05, 4.69) is 10.6 Å². The molecule has 0 aromatic heterocycles. The SMILES string of the molecule is COc1cc(NC(=O)C2CCC(NC(=O)c3cccc(C)c3[N+](=O)[O-])CC2)ccc1C. The zero-order valence-corrected chi connectivity index (χ0v) is 17.9. The van der Waals surface area contributed by atoms with Gasteiger partial charge in [0, 0.05) is 29.3 Å². The maximum absolute atomic E-state index is 12.6. The Labute approximate surface area is 181 Å². The highest BCUT2D eigenvalue weighted by atomic mass is 16.6. The molecule has 3 rings (SSSR count). The number of nitrogens with one attached hydrogen (secondary N) is 2. The smallest absolute Gasteiger partial charge is 0.285 e. The number of nitro groups is 1. The van der Waals surface area contributed by atoms with E-state index in [1.165, 1.54) is 6.07 Å². The van der Waals surface area contributed by atoms with E-state index < -0.39 is 10.8 Å². The highest BCUT2D eigenvalue weighted by molar-refractivity contribution is 5.99. The van der Waals surface area contributed by atoms with Gasteiger partial charge >= 0.3 is 0 Å². The lowest BCUT2D eigenvalue weighted by Gasteiger charge is -2.28. The Morgan fingerprint density at radius 1 is 1.06 bits per heavy atom. The van der Waals surface area contributed by atoms with Crippen LogP contribution in [0, 0.1) is 29.9 Å². The Balaban J connectivity index is 1.56. The van der Waals surface area contributed by atoms with Crippen molar-refractivity contribution < 1.29 is 19.2 Å². The summed E-state index contributed by atoms with van der Waals surface area (Å²) >= 11 is 0. The first-order valence-electron chi connectivity index (χ1n) is 10.3. The zero-order chi connectivity index (χ0) is 22.5. The lowest BCUT2D eigenvalue weighted by atomic mass is 9.85. The first kappa shape index (κ1) is 22.3. The van der Waals surface area contributed by atoms with Crippen molar-refractivity contribution in [3.63, 3.8) is 0 Å². The van der Waals surface area contributed by atoms with Crippen LogP contribution >= 0.6 is 0 Å². The molecule has 1 fully saturated rings. The van der Waals surface area contributed by atoms with Crippen LogP contribution in [0.2, 0.25) is 0 Å². The standard InChI is InChI=1S/C23H27N3O5/c1-14-7-10-18(13-20(14)31-3)25-22(27)16-8-11-17(12-9-16)24-23(28)19-6-4-5-15(2)21(19)26(29)30/h4-7,10,13,16-17H,8-9,11-12H2,1-3H3,(H,24,28)(H,25,27). The highest BCUT2D eigenvalue weighted by Gasteiger charge is 2.29. The molecule has 0 atom stereocenters. The largest absolute Gasteiger partial charge is 0.496 e. The minimum absolute atomic E-state index is 0.0509. The fraction of sp³-hybridized carbons (Fsp3) is 0.391. The van der Waals surface area contributed by atoms with Crippen molar-refractivity contribution in [3.8, 4) is 5.75 Å². The van der Waals surface area contributed by atoms with Gasteiger partial charge in [0.1, 0.15) is 11.3 Å². The van der Waals surface area contributed by atoms with Gasteiger partial charge in [-0.3, -0.25) is 19.7 Å². The molecule has 164 valence electrons. The fourth-order valence-electron chi connectivity index (χ4n) is 3.99. The molecule has 0 saturated heterocycles. The third kappa shape index (κ3) is 5.20. The molecule has 2 aromatic rings. The highest BCUT2D eigenvalue weighted by Crippen LogP contribution is 2.28. The van der Waals surface area contributed by atoms with Crippen LogP contribution in [0.25, 0.3) is 0 Å². The lowest BCUT2D eigenvalue weighted by molar-refractivity contribution is -0.385. The summed E-state index contributed by atoms with van der Waals surface area (Å²) in [5.41, 5.74) is 2.03. The van der Waals surface area contributed by atoms with Crippen molar-refractivity contribution in [2.24, 2.45) is 5.92 Å². The van der Waals surface area contributed by atoms with Crippen LogP contribution in [0.5, 0.6) is 5.75 Å². The number of anilines is 1. The van der Waals surface area contributed by atoms with Gasteiger partial charge in [-0.1, -0.05) is 18.2 Å². The Morgan fingerprint density at radius 3 is 2.42 bits per heavy atom. The number of ether oxygens (including phenoxy) is 1. The van der Waals surface area contributed by atoms with E-state index in [4.69, 9.17) is 4.74 Å². The first-order valence-corrected chi connectivity index (χ1v) is 10.3. The van der Waals surface area contributed by atoms with Crippen molar-refractivity contribution in [1.82, 2.24) is 5.32 Å². The monoisotopic (exact) mass is 425 g/mol. The number of para-hydroxylation sites is 1. The average molecular weight is 425 g/mol. The molecule has 0 radical (unpaired) electrons. The molecule has 0 spiro atoms. The fourth-order valence-corrected chi connectivity index (χ4v) is 3.99. The molecule has 0 unspecified atom stereocenters. The van der Waals surface area contributed by atoms with Crippen molar-refractivity contribution >= 4 is 23.2 Å². The Hall–Kier alpha value is -3.42. The second-order valence-electron chi connectivity index (χ2n) is 7.92. The number of hydrogen-bond donors (Lipinski definition) is 2. The number of carbonyl (C=O) groups is 2. The summed E-state index contributed by atoms with van der Waals surface area (Å²) in [6, 6.07) is 10.1. The van der Waals surface area contributed by atoms with Crippen LogP contribution < -0.4 is 15.4 Å². The number of nitrogens with zero attached hydrogens (tertiary/aromatic N) is 1. The number of nitro benzene ring substituents is 1. The second kappa shape index (κ2) is 9.59. The summed E-state index contributed by atoms with van der Waals surface area (Å²) in [4.78, 5) is 36.1. The molecule has 1 saturated carbocycles. The third-order valence-electron chi connectivity index (χ3n) is 5.77. The van der Waals surface area contributed by atoms with Crippen molar-refractivity contribution in [2.45, 2.75) is 45.6 Å². The van der Waals surface area contributed by atoms with E-state index in [9.17, 15) is 19.7 Å². The van der Waals surface area contributed by atoms with Crippen LogP contribution in [0.15, 0.2) is 36.4 Å². The minimum Gasteiger partial charge on any atom is -0.496 e. The molecule has 1 aliphatic carbocycles. The van der Waals surface area contributed by atoms with Crippen molar-refractivity contribution in [1.29, 1.82) is 0 Å². The van der Waals surface area contributed by atoms with Gasteiger partial charge in [0.05, 0.1) is 12.0 Å². The second-order valence-corrected chi connectivity index (χ2v) is 7.92. The van der Waals surface area contributed by atoms with E-state index in [-0.39, 0.29) is 29.1 Å². The molecular formula is C23H27N3O5. The summed E-state index contributed by atoms with van der Waals surface area (Å²) in [6.45, 7) is 3.55. The normalized spacial score (nSPS) is 18.2. The van der Waals surface area contributed by atoms with Crippen LogP contribution in [-0.4, -0.2) is 29.9 Å². The first-order chi connectivity index (χ1) is 14.8. The minimum atomic E-state index is -0.522. The molecule has 0 aliphatic heterocycles. The van der Waals surface area contributed by atoms with E-state index in [0.717, 1.165) is 11.3 Å². The number of methoxy groups -OCH3 is 1. The maximum Gasteiger partial charge on any atom is 0.285 e. The van der Waals surface area contributed by atoms with E-state index in [0.29, 0.717) is 36.9 Å². The van der Waals surface area contributed by atoms with Gasteiger partial charge in [0.25, 0.3) is 11.6 Å². The molecule has 0 heterocycles. The van der Waals surface area contributed by atoms with E-state index in [1.807, 2.05) is 19.1 Å². The van der Waals surface area contributed by atoms with Crippen LogP contribution in [-0.2, 0) is 4.79 Å². The summed E-state index contributed by atoms with van der Waals surface area (Å²) in [5, 5.41) is 17.2. The number of hydrogen-bond acceptors (Lipinski definition) is 5. The van der Waals surface area contributed by atoms with Crippen LogP contribution in [0.3, 0.4) is 0 Å².